The van der Waals surface area contributed by atoms with E-state index in [4.69, 9.17) is 0 Å². The van der Waals surface area contributed by atoms with Gasteiger partial charge in [-0.3, -0.25) is 0 Å². The Morgan fingerprint density at radius 1 is 1.44 bits per heavy atom. The van der Waals surface area contributed by atoms with Gasteiger partial charge in [0.1, 0.15) is 0 Å². The van der Waals surface area contributed by atoms with Crippen LogP contribution in [0.25, 0.3) is 0 Å². The van der Waals surface area contributed by atoms with E-state index >= 15 is 0 Å². The number of hydrogen-bond donors (Lipinski definition) is 0. The molecular formula is C9H16. The first-order valence-electron chi connectivity index (χ1n) is 3.97. The van der Waals surface area contributed by atoms with Gasteiger partial charge in [-0.15, -0.1) is 0 Å². The first-order valence-corrected chi connectivity index (χ1v) is 3.97. The lowest BCUT2D eigenvalue weighted by Gasteiger charge is -2.19. The molecule has 0 saturated heterocycles. The molecule has 0 radical (unpaired) electrons. The summed E-state index contributed by atoms with van der Waals surface area (Å²) in [5.41, 5.74) is 0. The van der Waals surface area contributed by atoms with Gasteiger partial charge in [0.15, 0.2) is 0 Å². The summed E-state index contributed by atoms with van der Waals surface area (Å²) in [6.07, 6.45) is 8.83. The van der Waals surface area contributed by atoms with Gasteiger partial charge in [-0.05, 0) is 31.1 Å². The predicted molar refractivity (Wildman–Crippen MR) is 41.3 cm³/mol. The zero-order valence-electron chi connectivity index (χ0n) is 6.43. The number of hydrogen-bond acceptors (Lipinski definition) is 0. The van der Waals surface area contributed by atoms with Gasteiger partial charge in [-0.25, -0.2) is 0 Å². The quantitative estimate of drug-likeness (QED) is 0.471. The molecule has 0 fully saturated rings. The molecule has 0 unspecified atom stereocenters. The van der Waals surface area contributed by atoms with Crippen LogP contribution in [-0.4, -0.2) is 0 Å². The summed E-state index contributed by atoms with van der Waals surface area (Å²) in [6, 6.07) is 0. The summed E-state index contributed by atoms with van der Waals surface area (Å²) in [5.74, 6) is 1.72. The molecule has 0 aromatic heterocycles. The van der Waals surface area contributed by atoms with Crippen LogP contribution in [0.5, 0.6) is 0 Å². The number of allylic oxidation sites excluding steroid dienone is 2. The van der Waals surface area contributed by atoms with Gasteiger partial charge in [-0.2, -0.15) is 0 Å². The maximum atomic E-state index is 2.38. The summed E-state index contributed by atoms with van der Waals surface area (Å²) >= 11 is 0. The summed E-state index contributed by atoms with van der Waals surface area (Å²) in [6.45, 7) is 4.61. The molecule has 0 bridgehead atoms. The predicted octanol–water partition coefficient (Wildman–Crippen LogP) is 3.00. The van der Waals surface area contributed by atoms with E-state index < -0.39 is 0 Å². The van der Waals surface area contributed by atoms with Crippen molar-refractivity contribution in [1.29, 1.82) is 0 Å². The molecule has 0 amide bonds. The molecule has 0 aliphatic heterocycles. The fraction of sp³-hybridized carbons (Fsp3) is 0.778. The van der Waals surface area contributed by atoms with Gasteiger partial charge in [0.05, 0.1) is 0 Å². The highest BCUT2D eigenvalue weighted by Gasteiger charge is 2.10. The molecule has 0 spiro atoms. The lowest BCUT2D eigenvalue weighted by Crippen LogP contribution is -2.07. The van der Waals surface area contributed by atoms with Gasteiger partial charge < -0.3 is 0 Å². The van der Waals surface area contributed by atoms with Crippen molar-refractivity contribution in [2.75, 3.05) is 0 Å². The Balaban J connectivity index is 2.40. The normalized spacial score (nSPS) is 27.2. The van der Waals surface area contributed by atoms with Crippen molar-refractivity contribution in [2.24, 2.45) is 11.8 Å². The highest BCUT2D eigenvalue weighted by molar-refractivity contribution is 4.93. The Morgan fingerprint density at radius 3 is 2.56 bits per heavy atom. The highest BCUT2D eigenvalue weighted by Crippen LogP contribution is 2.23. The maximum Gasteiger partial charge on any atom is -0.0210 e. The van der Waals surface area contributed by atoms with Gasteiger partial charge in [-0.1, -0.05) is 26.0 Å². The monoisotopic (exact) mass is 124 g/mol. The lowest BCUT2D eigenvalue weighted by atomic mass is 9.87. The second-order valence-corrected chi connectivity index (χ2v) is 3.27. The van der Waals surface area contributed by atoms with Crippen LogP contribution in [0, 0.1) is 11.8 Å². The maximum absolute atomic E-state index is 2.38. The molecule has 0 heteroatoms. The molecule has 0 N–H and O–H groups in total. The van der Waals surface area contributed by atoms with Crippen molar-refractivity contribution >= 4 is 0 Å². The van der Waals surface area contributed by atoms with Crippen LogP contribution in [0.15, 0.2) is 12.2 Å². The molecule has 52 valence electrons. The van der Waals surface area contributed by atoms with Crippen molar-refractivity contribution in [1.82, 2.24) is 0 Å². The second kappa shape index (κ2) is 3.05. The minimum Gasteiger partial charge on any atom is -0.0882 e. The Bertz CT molecular complexity index is 101. The molecule has 1 rings (SSSR count). The van der Waals surface area contributed by atoms with Crippen LogP contribution < -0.4 is 0 Å². The minimum absolute atomic E-state index is 0.849. The van der Waals surface area contributed by atoms with Crippen molar-refractivity contribution in [3.63, 3.8) is 0 Å². The van der Waals surface area contributed by atoms with Crippen LogP contribution in [0.2, 0.25) is 0 Å². The molecule has 1 atom stereocenters. The van der Waals surface area contributed by atoms with E-state index in [2.05, 4.69) is 26.0 Å². The van der Waals surface area contributed by atoms with Crippen LogP contribution in [-0.2, 0) is 0 Å². The van der Waals surface area contributed by atoms with Crippen molar-refractivity contribution in [3.8, 4) is 0 Å². The third-order valence-corrected chi connectivity index (χ3v) is 2.15. The topological polar surface area (TPSA) is 0 Å². The molecule has 0 saturated carbocycles. The van der Waals surface area contributed by atoms with Crippen molar-refractivity contribution < 1.29 is 0 Å². The lowest BCUT2D eigenvalue weighted by molar-refractivity contribution is 0.412. The van der Waals surface area contributed by atoms with Crippen molar-refractivity contribution in [3.05, 3.63) is 12.2 Å². The summed E-state index contributed by atoms with van der Waals surface area (Å²) in [4.78, 5) is 0. The highest BCUT2D eigenvalue weighted by atomic mass is 14.2. The van der Waals surface area contributed by atoms with Gasteiger partial charge in [0.2, 0.25) is 0 Å². The average molecular weight is 124 g/mol. The van der Waals surface area contributed by atoms with Crippen molar-refractivity contribution in [2.45, 2.75) is 33.1 Å². The molecule has 0 nitrogen and oxygen atoms in total. The van der Waals surface area contributed by atoms with Crippen LogP contribution in [0.1, 0.15) is 33.1 Å². The van der Waals surface area contributed by atoms with Crippen LogP contribution in [0.3, 0.4) is 0 Å². The molecule has 0 aromatic carbocycles. The SMILES string of the molecule is CC(C)[C@H]1C=CCCC1. The Kier molecular flexibility index (Phi) is 2.32. The summed E-state index contributed by atoms with van der Waals surface area (Å²) in [7, 11) is 0. The van der Waals surface area contributed by atoms with E-state index in [-0.39, 0.29) is 0 Å². The van der Waals surface area contributed by atoms with E-state index in [9.17, 15) is 0 Å². The van der Waals surface area contributed by atoms with E-state index in [0.29, 0.717) is 0 Å². The zero-order valence-corrected chi connectivity index (χ0v) is 6.43. The fourth-order valence-corrected chi connectivity index (χ4v) is 1.39. The van der Waals surface area contributed by atoms with E-state index in [1.807, 2.05) is 0 Å². The van der Waals surface area contributed by atoms with Gasteiger partial charge >= 0.3 is 0 Å². The Morgan fingerprint density at radius 2 is 2.22 bits per heavy atom. The summed E-state index contributed by atoms with van der Waals surface area (Å²) < 4.78 is 0. The smallest absolute Gasteiger partial charge is 0.0210 e. The molecule has 9 heavy (non-hydrogen) atoms. The Labute approximate surface area is 58.0 Å². The van der Waals surface area contributed by atoms with Crippen LogP contribution in [0.4, 0.5) is 0 Å². The largest absolute Gasteiger partial charge is 0.0882 e. The third kappa shape index (κ3) is 1.85. The average Bonchev–Trinajstić information content (AvgIpc) is 1.90. The first-order chi connectivity index (χ1) is 4.30. The minimum atomic E-state index is 0.849. The third-order valence-electron chi connectivity index (χ3n) is 2.15. The van der Waals surface area contributed by atoms with Gasteiger partial charge in [0.25, 0.3) is 0 Å². The molecule has 1 aliphatic rings. The fourth-order valence-electron chi connectivity index (χ4n) is 1.39. The molecule has 1 aliphatic carbocycles. The molecule has 0 heterocycles. The van der Waals surface area contributed by atoms with Crippen LogP contribution >= 0.6 is 0 Å². The first kappa shape index (κ1) is 6.85. The van der Waals surface area contributed by atoms with E-state index in [0.717, 1.165) is 11.8 Å². The summed E-state index contributed by atoms with van der Waals surface area (Å²) in [5, 5.41) is 0. The zero-order chi connectivity index (χ0) is 6.69. The standard InChI is InChI=1S/C9H16/c1-8(2)9-6-4-3-5-7-9/h4,6,8-9H,3,5,7H2,1-2H3/t9-/m0/s1. The van der Waals surface area contributed by atoms with E-state index in [1.165, 1.54) is 19.3 Å². The second-order valence-electron chi connectivity index (χ2n) is 3.27. The Hall–Kier alpha value is -0.260. The number of rotatable bonds is 1. The molecular weight excluding hydrogens is 108 g/mol. The molecule has 0 aromatic rings. The van der Waals surface area contributed by atoms with E-state index in [1.54, 1.807) is 0 Å². The van der Waals surface area contributed by atoms with Gasteiger partial charge in [0, 0.05) is 0 Å².